The summed E-state index contributed by atoms with van der Waals surface area (Å²) in [6, 6.07) is 3.25. The molecule has 0 aromatic heterocycles. The van der Waals surface area contributed by atoms with Crippen molar-refractivity contribution in [2.24, 2.45) is 11.3 Å². The standard InChI is InChI=1S/C32H50N4O7/c1-7-8-12-34(13-9-11-33(4)5)28(38)19-36-18-23(22-15-25(41-6)30-26(16-22)42-21-43-30)29(31(39)40)24(36)10-14-35-20-32(2,3)17-27(35)37/h15-16,23-24,29H,7-14,17-21H2,1-6H3,(H,39,40). The molecule has 3 unspecified atom stereocenters. The Morgan fingerprint density at radius 1 is 1.14 bits per heavy atom. The lowest BCUT2D eigenvalue weighted by Crippen LogP contribution is -2.46. The summed E-state index contributed by atoms with van der Waals surface area (Å²) in [5, 5.41) is 10.6. The largest absolute Gasteiger partial charge is 0.493 e. The molecule has 11 nitrogen and oxygen atoms in total. The second-order valence-corrected chi connectivity index (χ2v) is 13.3. The van der Waals surface area contributed by atoms with E-state index in [1.807, 2.05) is 40.9 Å². The highest BCUT2D eigenvalue weighted by Crippen LogP contribution is 2.47. The number of hydrogen-bond acceptors (Lipinski definition) is 8. The highest BCUT2D eigenvalue weighted by molar-refractivity contribution is 5.80. The molecule has 43 heavy (non-hydrogen) atoms. The van der Waals surface area contributed by atoms with Crippen LogP contribution in [0.5, 0.6) is 17.2 Å². The fourth-order valence-corrected chi connectivity index (χ4v) is 6.79. The lowest BCUT2D eigenvalue weighted by molar-refractivity contribution is -0.144. The minimum atomic E-state index is -0.913. The third kappa shape index (κ3) is 7.92. The van der Waals surface area contributed by atoms with Gasteiger partial charge in [-0.3, -0.25) is 19.3 Å². The second kappa shape index (κ2) is 14.2. The van der Waals surface area contributed by atoms with Crippen molar-refractivity contribution in [3.05, 3.63) is 17.7 Å². The van der Waals surface area contributed by atoms with E-state index in [0.717, 1.165) is 31.4 Å². The molecule has 3 aliphatic rings. The van der Waals surface area contributed by atoms with Gasteiger partial charge in [0.05, 0.1) is 19.6 Å². The van der Waals surface area contributed by atoms with Crippen molar-refractivity contribution >= 4 is 17.8 Å². The maximum absolute atomic E-state index is 13.8. The molecule has 11 heteroatoms. The number of carbonyl (C=O) groups is 3. The zero-order chi connectivity index (χ0) is 31.3. The Morgan fingerprint density at radius 3 is 2.51 bits per heavy atom. The van der Waals surface area contributed by atoms with Gasteiger partial charge in [-0.1, -0.05) is 27.2 Å². The molecule has 4 rings (SSSR count). The predicted molar refractivity (Wildman–Crippen MR) is 163 cm³/mol. The van der Waals surface area contributed by atoms with Gasteiger partial charge in [0.15, 0.2) is 11.5 Å². The molecule has 3 heterocycles. The molecule has 0 aliphatic carbocycles. The van der Waals surface area contributed by atoms with Crippen LogP contribution in [0.4, 0.5) is 0 Å². The van der Waals surface area contributed by atoms with Crippen LogP contribution in [-0.2, 0) is 14.4 Å². The predicted octanol–water partition coefficient (Wildman–Crippen LogP) is 3.12. The van der Waals surface area contributed by atoms with Crippen molar-refractivity contribution in [3.8, 4) is 17.2 Å². The Hall–Kier alpha value is -3.05. The van der Waals surface area contributed by atoms with E-state index >= 15 is 0 Å². The molecule has 1 N–H and O–H groups in total. The van der Waals surface area contributed by atoms with E-state index in [9.17, 15) is 19.5 Å². The van der Waals surface area contributed by atoms with Crippen molar-refractivity contribution in [1.29, 1.82) is 0 Å². The number of amides is 2. The Balaban J connectivity index is 1.61. The lowest BCUT2D eigenvalue weighted by atomic mass is 9.84. The van der Waals surface area contributed by atoms with Gasteiger partial charge >= 0.3 is 5.97 Å². The fourth-order valence-electron chi connectivity index (χ4n) is 6.79. The summed E-state index contributed by atoms with van der Waals surface area (Å²) in [6.45, 7) is 10.2. The molecular weight excluding hydrogens is 552 g/mol. The summed E-state index contributed by atoms with van der Waals surface area (Å²) >= 11 is 0. The number of rotatable bonds is 15. The number of likely N-dealkylation sites (tertiary alicyclic amines) is 2. The van der Waals surface area contributed by atoms with E-state index in [1.165, 1.54) is 0 Å². The number of carboxylic acid groups (broad SMARTS) is 1. The molecule has 2 fully saturated rings. The summed E-state index contributed by atoms with van der Waals surface area (Å²) in [5.74, 6) is -0.436. The number of methoxy groups -OCH3 is 1. The van der Waals surface area contributed by atoms with E-state index in [-0.39, 0.29) is 30.6 Å². The SMILES string of the molecule is CCCCN(CCCN(C)C)C(=O)CN1CC(c2cc(OC)c3c(c2)OCO3)C(C(=O)O)C1CCN1CC(C)(C)CC1=O. The molecule has 2 saturated heterocycles. The zero-order valence-corrected chi connectivity index (χ0v) is 26.8. The minimum absolute atomic E-state index is 0.0173. The van der Waals surface area contributed by atoms with Gasteiger partial charge < -0.3 is 34.0 Å². The molecule has 0 saturated carbocycles. The third-order valence-electron chi connectivity index (χ3n) is 8.94. The average Bonchev–Trinajstić information content (AvgIpc) is 3.63. The monoisotopic (exact) mass is 602 g/mol. The number of carboxylic acids is 1. The quantitative estimate of drug-likeness (QED) is 0.324. The Labute approximate surface area is 256 Å². The smallest absolute Gasteiger partial charge is 0.308 e. The first-order valence-electron chi connectivity index (χ1n) is 15.6. The Bertz CT molecular complexity index is 1160. The molecule has 1 aromatic rings. The van der Waals surface area contributed by atoms with Gasteiger partial charge in [-0.2, -0.15) is 0 Å². The molecular formula is C32H50N4O7. The van der Waals surface area contributed by atoms with Crippen molar-refractivity contribution < 1.29 is 33.7 Å². The number of ether oxygens (including phenoxy) is 3. The summed E-state index contributed by atoms with van der Waals surface area (Å²) in [6.07, 6.45) is 3.73. The summed E-state index contributed by atoms with van der Waals surface area (Å²) < 4.78 is 16.8. The van der Waals surface area contributed by atoms with Crippen LogP contribution < -0.4 is 14.2 Å². The van der Waals surface area contributed by atoms with Crippen molar-refractivity contribution in [1.82, 2.24) is 19.6 Å². The first-order valence-corrected chi connectivity index (χ1v) is 15.6. The third-order valence-corrected chi connectivity index (χ3v) is 8.94. The summed E-state index contributed by atoms with van der Waals surface area (Å²) in [7, 11) is 5.60. The molecule has 2 amide bonds. The van der Waals surface area contributed by atoms with Gasteiger partial charge in [0, 0.05) is 51.1 Å². The van der Waals surface area contributed by atoms with E-state index in [4.69, 9.17) is 14.2 Å². The highest BCUT2D eigenvalue weighted by atomic mass is 16.7. The van der Waals surface area contributed by atoms with Crippen LogP contribution in [0.2, 0.25) is 0 Å². The van der Waals surface area contributed by atoms with E-state index in [0.29, 0.717) is 62.8 Å². The molecule has 3 aliphatic heterocycles. The number of fused-ring (bicyclic) bond motifs is 1. The first-order chi connectivity index (χ1) is 20.4. The van der Waals surface area contributed by atoms with Crippen molar-refractivity contribution in [2.45, 2.75) is 64.8 Å². The lowest BCUT2D eigenvalue weighted by Gasteiger charge is -2.31. The van der Waals surface area contributed by atoms with Gasteiger partial charge in [-0.15, -0.1) is 0 Å². The molecule has 3 atom stereocenters. The first kappa shape index (κ1) is 32.9. The van der Waals surface area contributed by atoms with Crippen LogP contribution in [0.25, 0.3) is 0 Å². The van der Waals surface area contributed by atoms with Crippen LogP contribution in [0.1, 0.15) is 64.4 Å². The van der Waals surface area contributed by atoms with Crippen LogP contribution >= 0.6 is 0 Å². The number of carbonyl (C=O) groups excluding carboxylic acids is 2. The van der Waals surface area contributed by atoms with Gasteiger partial charge in [-0.05, 0) is 63.0 Å². The Kier molecular flexibility index (Phi) is 10.8. The number of benzene rings is 1. The van der Waals surface area contributed by atoms with Gasteiger partial charge in [0.25, 0.3) is 0 Å². The number of nitrogens with zero attached hydrogens (tertiary/aromatic N) is 4. The van der Waals surface area contributed by atoms with Crippen LogP contribution in [-0.4, -0.2) is 122 Å². The maximum Gasteiger partial charge on any atom is 0.308 e. The summed E-state index contributed by atoms with van der Waals surface area (Å²) in [5.41, 5.74) is 0.674. The minimum Gasteiger partial charge on any atom is -0.493 e. The van der Waals surface area contributed by atoms with Crippen LogP contribution in [0.3, 0.4) is 0 Å². The second-order valence-electron chi connectivity index (χ2n) is 13.3. The highest BCUT2D eigenvalue weighted by Gasteiger charge is 2.48. The van der Waals surface area contributed by atoms with Crippen molar-refractivity contribution in [2.75, 3.05) is 73.8 Å². The van der Waals surface area contributed by atoms with E-state index in [2.05, 4.69) is 25.7 Å². The van der Waals surface area contributed by atoms with E-state index in [1.54, 1.807) is 7.11 Å². The summed E-state index contributed by atoms with van der Waals surface area (Å²) in [4.78, 5) is 47.5. The molecule has 240 valence electrons. The van der Waals surface area contributed by atoms with Gasteiger partial charge in [0.1, 0.15) is 0 Å². The number of hydrogen-bond donors (Lipinski definition) is 1. The fraction of sp³-hybridized carbons (Fsp3) is 0.719. The number of aliphatic carboxylic acids is 1. The van der Waals surface area contributed by atoms with Crippen LogP contribution in [0, 0.1) is 11.3 Å². The number of unbranched alkanes of at least 4 members (excludes halogenated alkanes) is 1. The maximum atomic E-state index is 13.8. The molecule has 0 radical (unpaired) electrons. The van der Waals surface area contributed by atoms with Crippen LogP contribution in [0.15, 0.2) is 12.1 Å². The Morgan fingerprint density at radius 2 is 1.88 bits per heavy atom. The van der Waals surface area contributed by atoms with E-state index < -0.39 is 23.8 Å². The molecule has 0 spiro atoms. The van der Waals surface area contributed by atoms with Crippen molar-refractivity contribution in [3.63, 3.8) is 0 Å². The average molecular weight is 603 g/mol. The molecule has 0 bridgehead atoms. The zero-order valence-electron chi connectivity index (χ0n) is 26.8. The topological polar surface area (TPSA) is 112 Å². The molecule has 1 aromatic carbocycles. The van der Waals surface area contributed by atoms with Gasteiger partial charge in [-0.25, -0.2) is 0 Å². The normalized spacial score (nSPS) is 22.9. The van der Waals surface area contributed by atoms with Gasteiger partial charge in [0.2, 0.25) is 24.4 Å².